The minimum absolute atomic E-state index is 0.216. The highest BCUT2D eigenvalue weighted by atomic mass is 127. The molecule has 2 rings (SSSR count). The molecule has 0 aliphatic rings. The predicted molar refractivity (Wildman–Crippen MR) is 110 cm³/mol. The minimum Gasteiger partial charge on any atom is -0.490 e. The zero-order chi connectivity index (χ0) is 18.4. The van der Waals surface area contributed by atoms with Crippen molar-refractivity contribution in [2.75, 3.05) is 18.5 Å². The van der Waals surface area contributed by atoms with E-state index < -0.39 is 0 Å². The molecule has 0 atom stereocenters. The molecule has 0 saturated heterocycles. The first kappa shape index (κ1) is 19.8. The fraction of sp³-hybridized carbons (Fsp3) is 0.316. The lowest BCUT2D eigenvalue weighted by Crippen LogP contribution is -2.14. The average molecular weight is 474 g/mol. The van der Waals surface area contributed by atoms with E-state index in [0.29, 0.717) is 41.0 Å². The fourth-order valence-corrected chi connectivity index (χ4v) is 3.18. The number of anilines is 1. The molecule has 2 aromatic rings. The van der Waals surface area contributed by atoms with Crippen LogP contribution in [0.15, 0.2) is 30.3 Å². The molecule has 0 fully saturated rings. The largest absolute Gasteiger partial charge is 0.490 e. The van der Waals surface area contributed by atoms with Gasteiger partial charge in [-0.2, -0.15) is 0 Å². The third-order valence-corrected chi connectivity index (χ3v) is 4.75. The number of ether oxygens (including phenoxy) is 2. The van der Waals surface area contributed by atoms with Crippen LogP contribution in [0.5, 0.6) is 11.5 Å². The quantitative estimate of drug-likeness (QED) is 0.525. The number of halogens is 2. The molecule has 0 aliphatic heterocycles. The van der Waals surface area contributed by atoms with Crippen molar-refractivity contribution in [1.82, 2.24) is 0 Å². The van der Waals surface area contributed by atoms with E-state index in [1.54, 1.807) is 18.2 Å². The number of rotatable bonds is 7. The van der Waals surface area contributed by atoms with Gasteiger partial charge in [0.25, 0.3) is 5.91 Å². The monoisotopic (exact) mass is 473 g/mol. The van der Waals surface area contributed by atoms with Crippen molar-refractivity contribution in [2.24, 2.45) is 0 Å². The third kappa shape index (κ3) is 5.01. The number of carbonyl (C=O) groups is 1. The molecule has 1 N–H and O–H groups in total. The number of hydrogen-bond acceptors (Lipinski definition) is 3. The topological polar surface area (TPSA) is 47.6 Å². The van der Waals surface area contributed by atoms with Crippen LogP contribution in [-0.4, -0.2) is 19.1 Å². The van der Waals surface area contributed by atoms with E-state index in [2.05, 4.69) is 27.9 Å². The van der Waals surface area contributed by atoms with Crippen LogP contribution in [0.2, 0.25) is 5.02 Å². The molecule has 0 heterocycles. The second-order valence-electron chi connectivity index (χ2n) is 5.43. The van der Waals surface area contributed by atoms with Gasteiger partial charge in [0.2, 0.25) is 0 Å². The van der Waals surface area contributed by atoms with Gasteiger partial charge < -0.3 is 14.8 Å². The normalized spacial score (nSPS) is 10.4. The standard InChI is InChI=1S/C19H21ClINO3/c1-4-9-25-18-15(21)10-13(11-17(18)24-5-2)19(23)22-16-8-6-7-14(20)12(16)3/h6-8,10-11H,4-5,9H2,1-3H3,(H,22,23). The number of nitrogens with one attached hydrogen (secondary N) is 1. The Morgan fingerprint density at radius 1 is 1.24 bits per heavy atom. The van der Waals surface area contributed by atoms with Crippen LogP contribution in [0.1, 0.15) is 36.2 Å². The summed E-state index contributed by atoms with van der Waals surface area (Å²) < 4.78 is 12.3. The SMILES string of the molecule is CCCOc1c(I)cc(C(=O)Nc2cccc(Cl)c2C)cc1OCC. The van der Waals surface area contributed by atoms with Gasteiger partial charge in [-0.3, -0.25) is 4.79 Å². The van der Waals surface area contributed by atoms with Gasteiger partial charge in [0.05, 0.1) is 16.8 Å². The van der Waals surface area contributed by atoms with Crippen LogP contribution in [0.3, 0.4) is 0 Å². The third-order valence-electron chi connectivity index (χ3n) is 3.54. The van der Waals surface area contributed by atoms with E-state index in [-0.39, 0.29) is 5.91 Å². The Bertz CT molecular complexity index is 765. The highest BCUT2D eigenvalue weighted by Crippen LogP contribution is 2.35. The second kappa shape index (κ2) is 9.29. The first-order chi connectivity index (χ1) is 12.0. The highest BCUT2D eigenvalue weighted by molar-refractivity contribution is 14.1. The smallest absolute Gasteiger partial charge is 0.255 e. The molecule has 0 saturated carbocycles. The molecule has 25 heavy (non-hydrogen) atoms. The lowest BCUT2D eigenvalue weighted by Gasteiger charge is -2.15. The summed E-state index contributed by atoms with van der Waals surface area (Å²) in [5.41, 5.74) is 2.04. The van der Waals surface area contributed by atoms with E-state index in [9.17, 15) is 4.79 Å². The second-order valence-corrected chi connectivity index (χ2v) is 7.00. The molecule has 4 nitrogen and oxygen atoms in total. The average Bonchev–Trinajstić information content (AvgIpc) is 2.58. The van der Waals surface area contributed by atoms with E-state index in [1.807, 2.05) is 32.9 Å². The Labute approximate surface area is 167 Å². The Morgan fingerprint density at radius 3 is 2.68 bits per heavy atom. The van der Waals surface area contributed by atoms with Gasteiger partial charge >= 0.3 is 0 Å². The van der Waals surface area contributed by atoms with Crippen LogP contribution in [-0.2, 0) is 0 Å². The molecule has 0 aromatic heterocycles. The Hall–Kier alpha value is -1.47. The van der Waals surface area contributed by atoms with Gasteiger partial charge in [0.15, 0.2) is 11.5 Å². The van der Waals surface area contributed by atoms with Crippen LogP contribution in [0.4, 0.5) is 5.69 Å². The molecule has 0 aliphatic carbocycles. The maximum Gasteiger partial charge on any atom is 0.255 e. The highest BCUT2D eigenvalue weighted by Gasteiger charge is 2.17. The zero-order valence-electron chi connectivity index (χ0n) is 14.5. The molecule has 2 aromatic carbocycles. The summed E-state index contributed by atoms with van der Waals surface area (Å²) in [6.45, 7) is 6.91. The van der Waals surface area contributed by atoms with Gasteiger partial charge in [0.1, 0.15) is 0 Å². The lowest BCUT2D eigenvalue weighted by molar-refractivity contribution is 0.102. The van der Waals surface area contributed by atoms with Crippen molar-refractivity contribution >= 4 is 45.8 Å². The van der Waals surface area contributed by atoms with Crippen molar-refractivity contribution in [3.8, 4) is 11.5 Å². The number of amides is 1. The summed E-state index contributed by atoms with van der Waals surface area (Å²) in [5, 5.41) is 3.52. The molecule has 0 radical (unpaired) electrons. The number of benzene rings is 2. The van der Waals surface area contributed by atoms with E-state index in [0.717, 1.165) is 15.6 Å². The Morgan fingerprint density at radius 2 is 2.00 bits per heavy atom. The van der Waals surface area contributed by atoms with Crippen molar-refractivity contribution < 1.29 is 14.3 Å². The van der Waals surface area contributed by atoms with Crippen molar-refractivity contribution in [3.05, 3.63) is 50.1 Å². The molecular weight excluding hydrogens is 453 g/mol. The first-order valence-electron chi connectivity index (χ1n) is 8.13. The maximum absolute atomic E-state index is 12.7. The summed E-state index contributed by atoms with van der Waals surface area (Å²) in [7, 11) is 0. The molecular formula is C19H21ClINO3. The van der Waals surface area contributed by atoms with Gasteiger partial charge in [-0.1, -0.05) is 24.6 Å². The molecule has 1 amide bonds. The summed E-state index contributed by atoms with van der Waals surface area (Å²) in [4.78, 5) is 12.7. The predicted octanol–water partition coefficient (Wildman–Crippen LogP) is 5.69. The van der Waals surface area contributed by atoms with Crippen molar-refractivity contribution in [2.45, 2.75) is 27.2 Å². The van der Waals surface area contributed by atoms with E-state index in [1.165, 1.54) is 0 Å². The molecule has 134 valence electrons. The van der Waals surface area contributed by atoms with Crippen molar-refractivity contribution in [3.63, 3.8) is 0 Å². The lowest BCUT2D eigenvalue weighted by atomic mass is 10.1. The molecule has 0 bridgehead atoms. The summed E-state index contributed by atoms with van der Waals surface area (Å²) >= 11 is 8.28. The van der Waals surface area contributed by atoms with Gasteiger partial charge in [-0.05, 0) is 72.7 Å². The maximum atomic E-state index is 12.7. The number of carbonyl (C=O) groups excluding carboxylic acids is 1. The molecule has 0 unspecified atom stereocenters. The van der Waals surface area contributed by atoms with E-state index >= 15 is 0 Å². The van der Waals surface area contributed by atoms with Gasteiger partial charge in [-0.15, -0.1) is 0 Å². The van der Waals surface area contributed by atoms with Crippen LogP contribution < -0.4 is 14.8 Å². The summed E-state index contributed by atoms with van der Waals surface area (Å²) in [6.07, 6.45) is 0.901. The number of hydrogen-bond donors (Lipinski definition) is 1. The minimum atomic E-state index is -0.216. The molecule has 0 spiro atoms. The first-order valence-corrected chi connectivity index (χ1v) is 9.59. The van der Waals surface area contributed by atoms with Gasteiger partial charge in [-0.25, -0.2) is 0 Å². The van der Waals surface area contributed by atoms with Crippen LogP contribution >= 0.6 is 34.2 Å². The molecule has 6 heteroatoms. The fourth-order valence-electron chi connectivity index (χ4n) is 2.24. The summed E-state index contributed by atoms with van der Waals surface area (Å²) in [6, 6.07) is 8.94. The summed E-state index contributed by atoms with van der Waals surface area (Å²) in [5.74, 6) is 1.04. The zero-order valence-corrected chi connectivity index (χ0v) is 17.4. The Balaban J connectivity index is 2.31. The van der Waals surface area contributed by atoms with Crippen LogP contribution in [0.25, 0.3) is 0 Å². The van der Waals surface area contributed by atoms with Crippen LogP contribution in [0, 0.1) is 10.5 Å². The van der Waals surface area contributed by atoms with Gasteiger partial charge in [0, 0.05) is 16.3 Å². The van der Waals surface area contributed by atoms with Crippen molar-refractivity contribution in [1.29, 1.82) is 0 Å². The van der Waals surface area contributed by atoms with E-state index in [4.69, 9.17) is 21.1 Å². The Kier molecular flexibility index (Phi) is 7.38.